The maximum atomic E-state index is 11.7. The van der Waals surface area contributed by atoms with E-state index in [1.807, 2.05) is 20.8 Å². The smallest absolute Gasteiger partial charge is 0.410 e. The largest absolute Gasteiger partial charge is 0.444 e. The number of hydrogen-bond acceptors (Lipinski definition) is 3. The van der Waals surface area contributed by atoms with Gasteiger partial charge in [0.25, 0.3) is 0 Å². The standard InChI is InChI=1S/C11H20N2O2/c1-5-8-6-13(7-9(8)12)10(14)15-11(2,3)4/h5,8-9H,1,6-7,12H2,2-4H3/t8-,9+/m1/s1. The van der Waals surface area contributed by atoms with Crippen molar-refractivity contribution in [3.63, 3.8) is 0 Å². The molecule has 2 N–H and O–H groups in total. The van der Waals surface area contributed by atoms with Gasteiger partial charge < -0.3 is 15.4 Å². The zero-order valence-corrected chi connectivity index (χ0v) is 9.69. The van der Waals surface area contributed by atoms with Crippen LogP contribution < -0.4 is 5.73 Å². The molecule has 0 radical (unpaired) electrons. The monoisotopic (exact) mass is 212 g/mol. The van der Waals surface area contributed by atoms with Crippen LogP contribution in [0.4, 0.5) is 4.79 Å². The van der Waals surface area contributed by atoms with Crippen molar-refractivity contribution in [3.05, 3.63) is 12.7 Å². The minimum Gasteiger partial charge on any atom is -0.444 e. The van der Waals surface area contributed by atoms with Crippen molar-refractivity contribution in [2.45, 2.75) is 32.4 Å². The van der Waals surface area contributed by atoms with Gasteiger partial charge in [-0.25, -0.2) is 4.79 Å². The van der Waals surface area contributed by atoms with E-state index in [-0.39, 0.29) is 18.1 Å². The Balaban J connectivity index is 2.53. The lowest BCUT2D eigenvalue weighted by atomic mass is 10.1. The first-order chi connectivity index (χ1) is 6.83. The second kappa shape index (κ2) is 4.23. The zero-order valence-electron chi connectivity index (χ0n) is 9.69. The average molecular weight is 212 g/mol. The normalized spacial score (nSPS) is 26.5. The fourth-order valence-corrected chi connectivity index (χ4v) is 1.58. The Hall–Kier alpha value is -1.03. The van der Waals surface area contributed by atoms with Crippen molar-refractivity contribution >= 4 is 6.09 Å². The van der Waals surface area contributed by atoms with Crippen LogP contribution in [0.25, 0.3) is 0 Å². The van der Waals surface area contributed by atoms with E-state index in [9.17, 15) is 4.79 Å². The first-order valence-corrected chi connectivity index (χ1v) is 5.19. The molecule has 15 heavy (non-hydrogen) atoms. The van der Waals surface area contributed by atoms with Gasteiger partial charge in [0.05, 0.1) is 0 Å². The van der Waals surface area contributed by atoms with Gasteiger partial charge in [0.2, 0.25) is 0 Å². The molecule has 0 spiro atoms. The summed E-state index contributed by atoms with van der Waals surface area (Å²) in [6.45, 7) is 10.4. The summed E-state index contributed by atoms with van der Waals surface area (Å²) in [7, 11) is 0. The third kappa shape index (κ3) is 3.23. The SMILES string of the molecule is C=C[C@@H]1CN(C(=O)OC(C)(C)C)C[C@@H]1N. The molecule has 1 fully saturated rings. The van der Waals surface area contributed by atoms with E-state index < -0.39 is 5.60 Å². The lowest BCUT2D eigenvalue weighted by molar-refractivity contribution is 0.0289. The van der Waals surface area contributed by atoms with Crippen LogP contribution in [0.2, 0.25) is 0 Å². The van der Waals surface area contributed by atoms with Gasteiger partial charge in [0, 0.05) is 25.0 Å². The van der Waals surface area contributed by atoms with E-state index in [1.54, 1.807) is 11.0 Å². The second-order valence-electron chi connectivity index (χ2n) is 4.95. The number of ether oxygens (including phenoxy) is 1. The number of hydrogen-bond donors (Lipinski definition) is 1. The van der Waals surface area contributed by atoms with Crippen molar-refractivity contribution in [2.75, 3.05) is 13.1 Å². The third-order valence-corrected chi connectivity index (χ3v) is 2.37. The van der Waals surface area contributed by atoms with Crippen LogP contribution in [0.1, 0.15) is 20.8 Å². The van der Waals surface area contributed by atoms with Gasteiger partial charge in [-0.15, -0.1) is 6.58 Å². The van der Waals surface area contributed by atoms with E-state index >= 15 is 0 Å². The van der Waals surface area contributed by atoms with E-state index in [0.29, 0.717) is 13.1 Å². The van der Waals surface area contributed by atoms with Gasteiger partial charge in [0.15, 0.2) is 0 Å². The Bertz CT molecular complexity index is 258. The molecule has 2 atom stereocenters. The Morgan fingerprint density at radius 2 is 2.13 bits per heavy atom. The average Bonchev–Trinajstić information content (AvgIpc) is 2.43. The molecule has 0 aliphatic carbocycles. The summed E-state index contributed by atoms with van der Waals surface area (Å²) in [5.74, 6) is 0.178. The molecule has 0 bridgehead atoms. The quantitative estimate of drug-likeness (QED) is 0.668. The molecule has 0 unspecified atom stereocenters. The summed E-state index contributed by atoms with van der Waals surface area (Å²) in [6, 6.07) is -0.0185. The van der Waals surface area contributed by atoms with Gasteiger partial charge >= 0.3 is 6.09 Å². The molecule has 1 amide bonds. The molecule has 0 aromatic heterocycles. The van der Waals surface area contributed by atoms with Crippen molar-refractivity contribution in [3.8, 4) is 0 Å². The van der Waals surface area contributed by atoms with Crippen LogP contribution in [0.5, 0.6) is 0 Å². The topological polar surface area (TPSA) is 55.6 Å². The Morgan fingerprint density at radius 3 is 2.53 bits per heavy atom. The molecule has 4 heteroatoms. The molecule has 0 aromatic rings. The van der Waals surface area contributed by atoms with Crippen LogP contribution in [0.3, 0.4) is 0 Å². The highest BCUT2D eigenvalue weighted by atomic mass is 16.6. The summed E-state index contributed by atoms with van der Waals surface area (Å²) < 4.78 is 5.26. The highest BCUT2D eigenvalue weighted by Crippen LogP contribution is 2.19. The van der Waals surface area contributed by atoms with Crippen LogP contribution >= 0.6 is 0 Å². The molecule has 86 valence electrons. The van der Waals surface area contributed by atoms with E-state index in [0.717, 1.165) is 0 Å². The summed E-state index contributed by atoms with van der Waals surface area (Å²) >= 11 is 0. The van der Waals surface area contributed by atoms with Crippen LogP contribution in [-0.4, -0.2) is 35.7 Å². The third-order valence-electron chi connectivity index (χ3n) is 2.37. The minimum absolute atomic E-state index is 0.0185. The summed E-state index contributed by atoms with van der Waals surface area (Å²) in [5.41, 5.74) is 5.41. The number of nitrogens with zero attached hydrogens (tertiary/aromatic N) is 1. The first kappa shape index (κ1) is 12.0. The van der Waals surface area contributed by atoms with Crippen molar-refractivity contribution in [2.24, 2.45) is 11.7 Å². The Kier molecular flexibility index (Phi) is 3.39. The molecule has 1 aliphatic heterocycles. The minimum atomic E-state index is -0.451. The molecule has 0 aromatic carbocycles. The van der Waals surface area contributed by atoms with Gasteiger partial charge in [-0.3, -0.25) is 0 Å². The molecular weight excluding hydrogens is 192 g/mol. The van der Waals surface area contributed by atoms with E-state index in [1.165, 1.54) is 0 Å². The Labute approximate surface area is 91.1 Å². The summed E-state index contributed by atoms with van der Waals surface area (Å²) in [5, 5.41) is 0. The van der Waals surface area contributed by atoms with Crippen LogP contribution in [0.15, 0.2) is 12.7 Å². The fourth-order valence-electron chi connectivity index (χ4n) is 1.58. The number of carbonyl (C=O) groups excluding carboxylic acids is 1. The molecule has 0 saturated carbocycles. The fraction of sp³-hybridized carbons (Fsp3) is 0.727. The molecule has 4 nitrogen and oxygen atoms in total. The van der Waals surface area contributed by atoms with Crippen molar-refractivity contribution in [1.82, 2.24) is 4.90 Å². The van der Waals surface area contributed by atoms with Gasteiger partial charge in [-0.05, 0) is 20.8 Å². The lowest BCUT2D eigenvalue weighted by Crippen LogP contribution is -2.36. The van der Waals surface area contributed by atoms with E-state index in [2.05, 4.69) is 6.58 Å². The van der Waals surface area contributed by atoms with Crippen molar-refractivity contribution < 1.29 is 9.53 Å². The van der Waals surface area contributed by atoms with Gasteiger partial charge in [-0.2, -0.15) is 0 Å². The maximum absolute atomic E-state index is 11.7. The van der Waals surface area contributed by atoms with Crippen LogP contribution in [-0.2, 0) is 4.74 Å². The summed E-state index contributed by atoms with van der Waals surface area (Å²) in [4.78, 5) is 13.3. The molecule has 1 saturated heterocycles. The predicted molar refractivity (Wildman–Crippen MR) is 59.5 cm³/mol. The molecular formula is C11H20N2O2. The molecule has 1 aliphatic rings. The van der Waals surface area contributed by atoms with Gasteiger partial charge in [-0.1, -0.05) is 6.08 Å². The predicted octanol–water partition coefficient (Wildman–Crippen LogP) is 1.37. The highest BCUT2D eigenvalue weighted by Gasteiger charge is 2.33. The number of amides is 1. The number of likely N-dealkylation sites (tertiary alicyclic amines) is 1. The first-order valence-electron chi connectivity index (χ1n) is 5.19. The van der Waals surface area contributed by atoms with E-state index in [4.69, 9.17) is 10.5 Å². The lowest BCUT2D eigenvalue weighted by Gasteiger charge is -2.24. The summed E-state index contributed by atoms with van der Waals surface area (Å²) in [6.07, 6.45) is 1.51. The second-order valence-corrected chi connectivity index (χ2v) is 4.95. The Morgan fingerprint density at radius 1 is 1.53 bits per heavy atom. The van der Waals surface area contributed by atoms with Crippen molar-refractivity contribution in [1.29, 1.82) is 0 Å². The zero-order chi connectivity index (χ0) is 11.6. The van der Waals surface area contributed by atoms with Crippen LogP contribution in [0, 0.1) is 5.92 Å². The molecule has 1 rings (SSSR count). The maximum Gasteiger partial charge on any atom is 0.410 e. The van der Waals surface area contributed by atoms with Gasteiger partial charge in [0.1, 0.15) is 5.60 Å². The number of rotatable bonds is 1. The number of nitrogens with two attached hydrogens (primary N) is 1. The molecule has 1 heterocycles. The number of carbonyl (C=O) groups is 1. The highest BCUT2D eigenvalue weighted by molar-refractivity contribution is 5.68.